The summed E-state index contributed by atoms with van der Waals surface area (Å²) in [5.74, 6) is 1.13. The van der Waals surface area contributed by atoms with E-state index in [1.54, 1.807) is 13.2 Å². The van der Waals surface area contributed by atoms with Crippen molar-refractivity contribution in [1.82, 2.24) is 20.2 Å². The van der Waals surface area contributed by atoms with Gasteiger partial charge in [-0.25, -0.2) is 9.97 Å². The highest BCUT2D eigenvalue weighted by molar-refractivity contribution is 5.92. The summed E-state index contributed by atoms with van der Waals surface area (Å²) >= 11 is 0. The molecule has 0 saturated carbocycles. The van der Waals surface area contributed by atoms with Crippen LogP contribution in [-0.4, -0.2) is 61.6 Å². The number of amides is 1. The number of aromatic nitrogens is 2. The van der Waals surface area contributed by atoms with Crippen LogP contribution >= 0.6 is 0 Å². The first-order chi connectivity index (χ1) is 13.0. The van der Waals surface area contributed by atoms with Crippen molar-refractivity contribution in [3.05, 3.63) is 47.3 Å². The van der Waals surface area contributed by atoms with Crippen LogP contribution in [0.15, 0.2) is 30.3 Å². The number of ether oxygens (including phenoxy) is 1. The highest BCUT2D eigenvalue weighted by atomic mass is 16.5. The maximum Gasteiger partial charge on any atom is 0.270 e. The standard InChI is InChI=1S/C20H29N5O2/c1-15-14-18(24-20(23-15)22-11-5-13-25(2)3)19(26)21-12-10-16-6-8-17(27-4)9-7-16/h6-9,14H,5,10-13H2,1-4H3,(H,21,26)(H,22,23,24). The minimum atomic E-state index is -0.189. The molecule has 2 aromatic rings. The largest absolute Gasteiger partial charge is 0.497 e. The molecular formula is C20H29N5O2. The second-order valence-electron chi connectivity index (χ2n) is 6.66. The average Bonchev–Trinajstić information content (AvgIpc) is 2.65. The highest BCUT2D eigenvalue weighted by Crippen LogP contribution is 2.11. The average molecular weight is 371 g/mol. The fourth-order valence-corrected chi connectivity index (χ4v) is 2.56. The van der Waals surface area contributed by atoms with Crippen LogP contribution in [0.4, 0.5) is 5.95 Å². The topological polar surface area (TPSA) is 79.4 Å². The second-order valence-corrected chi connectivity index (χ2v) is 6.66. The number of carbonyl (C=O) groups is 1. The fourth-order valence-electron chi connectivity index (χ4n) is 2.56. The van der Waals surface area contributed by atoms with E-state index in [2.05, 4.69) is 25.5 Å². The Morgan fingerprint density at radius 2 is 1.89 bits per heavy atom. The van der Waals surface area contributed by atoms with Crippen molar-refractivity contribution in [1.29, 1.82) is 0 Å². The van der Waals surface area contributed by atoms with Crippen LogP contribution in [0.3, 0.4) is 0 Å². The van der Waals surface area contributed by atoms with Crippen molar-refractivity contribution in [2.75, 3.05) is 46.2 Å². The maximum absolute atomic E-state index is 12.4. The number of hydrogen-bond donors (Lipinski definition) is 2. The Balaban J connectivity index is 1.85. The first kappa shape index (κ1) is 20.6. The van der Waals surface area contributed by atoms with Crippen molar-refractivity contribution in [2.24, 2.45) is 0 Å². The van der Waals surface area contributed by atoms with Gasteiger partial charge in [0.25, 0.3) is 5.91 Å². The van der Waals surface area contributed by atoms with Crippen LogP contribution in [0.5, 0.6) is 5.75 Å². The molecule has 7 heteroatoms. The molecular weight excluding hydrogens is 342 g/mol. The SMILES string of the molecule is COc1ccc(CCNC(=O)c2cc(C)nc(NCCCN(C)C)n2)cc1. The van der Waals surface area contributed by atoms with E-state index in [1.807, 2.05) is 45.3 Å². The molecule has 1 heterocycles. The van der Waals surface area contributed by atoms with Gasteiger partial charge >= 0.3 is 0 Å². The Bertz CT molecular complexity index is 732. The molecule has 2 N–H and O–H groups in total. The molecule has 0 saturated heterocycles. The molecule has 0 fully saturated rings. The van der Waals surface area contributed by atoms with Gasteiger partial charge in [-0.15, -0.1) is 0 Å². The molecule has 1 amide bonds. The van der Waals surface area contributed by atoms with Crippen LogP contribution in [0.2, 0.25) is 0 Å². The van der Waals surface area contributed by atoms with Crippen molar-refractivity contribution < 1.29 is 9.53 Å². The molecule has 0 bridgehead atoms. The van der Waals surface area contributed by atoms with Crippen LogP contribution < -0.4 is 15.4 Å². The summed E-state index contributed by atoms with van der Waals surface area (Å²) in [6.07, 6.45) is 1.73. The van der Waals surface area contributed by atoms with E-state index in [4.69, 9.17) is 4.74 Å². The van der Waals surface area contributed by atoms with Gasteiger partial charge in [-0.2, -0.15) is 0 Å². The van der Waals surface area contributed by atoms with Crippen LogP contribution in [0.1, 0.15) is 28.2 Å². The van der Waals surface area contributed by atoms with Gasteiger partial charge in [0.1, 0.15) is 11.4 Å². The van der Waals surface area contributed by atoms with Crippen molar-refractivity contribution in [2.45, 2.75) is 19.8 Å². The number of carbonyl (C=O) groups excluding carboxylic acids is 1. The Morgan fingerprint density at radius 3 is 2.56 bits per heavy atom. The number of anilines is 1. The van der Waals surface area contributed by atoms with Crippen molar-refractivity contribution in [3.8, 4) is 5.75 Å². The molecule has 0 radical (unpaired) electrons. The number of nitrogens with zero attached hydrogens (tertiary/aromatic N) is 3. The molecule has 0 aliphatic carbocycles. The fraction of sp³-hybridized carbons (Fsp3) is 0.450. The predicted molar refractivity (Wildman–Crippen MR) is 107 cm³/mol. The van der Waals surface area contributed by atoms with Crippen LogP contribution in [0.25, 0.3) is 0 Å². The lowest BCUT2D eigenvalue weighted by Crippen LogP contribution is -2.27. The molecule has 0 atom stereocenters. The van der Waals surface area contributed by atoms with Crippen LogP contribution in [-0.2, 0) is 6.42 Å². The number of nitrogens with one attached hydrogen (secondary N) is 2. The number of rotatable bonds is 10. The third kappa shape index (κ3) is 7.22. The summed E-state index contributed by atoms with van der Waals surface area (Å²) in [6.45, 7) is 4.15. The smallest absolute Gasteiger partial charge is 0.270 e. The van der Waals surface area contributed by atoms with E-state index in [1.165, 1.54) is 0 Å². The van der Waals surface area contributed by atoms with Gasteiger partial charge < -0.3 is 20.3 Å². The quantitative estimate of drug-likeness (QED) is 0.623. The number of benzene rings is 1. The van der Waals surface area contributed by atoms with Gasteiger partial charge in [-0.3, -0.25) is 4.79 Å². The molecule has 0 aliphatic rings. The summed E-state index contributed by atoms with van der Waals surface area (Å²) in [7, 11) is 5.72. The lowest BCUT2D eigenvalue weighted by atomic mass is 10.1. The number of aryl methyl sites for hydroxylation is 1. The zero-order chi connectivity index (χ0) is 19.6. The van der Waals surface area contributed by atoms with Gasteiger partial charge in [-0.05, 0) is 64.2 Å². The molecule has 27 heavy (non-hydrogen) atoms. The molecule has 146 valence electrons. The van der Waals surface area contributed by atoms with Gasteiger partial charge in [0.15, 0.2) is 0 Å². The molecule has 0 aliphatic heterocycles. The van der Waals surface area contributed by atoms with E-state index in [-0.39, 0.29) is 5.91 Å². The minimum absolute atomic E-state index is 0.189. The zero-order valence-electron chi connectivity index (χ0n) is 16.6. The first-order valence-electron chi connectivity index (χ1n) is 9.13. The van der Waals surface area contributed by atoms with E-state index >= 15 is 0 Å². The Kier molecular flexibility index (Phi) is 8.00. The van der Waals surface area contributed by atoms with Crippen molar-refractivity contribution in [3.63, 3.8) is 0 Å². The van der Waals surface area contributed by atoms with Gasteiger partial charge in [0.05, 0.1) is 7.11 Å². The van der Waals surface area contributed by atoms with Gasteiger partial charge in [0.2, 0.25) is 5.95 Å². The lowest BCUT2D eigenvalue weighted by molar-refractivity contribution is 0.0949. The number of hydrogen-bond acceptors (Lipinski definition) is 6. The second kappa shape index (κ2) is 10.5. The summed E-state index contributed by atoms with van der Waals surface area (Å²) in [4.78, 5) is 23.2. The van der Waals surface area contributed by atoms with E-state index in [0.29, 0.717) is 18.2 Å². The summed E-state index contributed by atoms with van der Waals surface area (Å²) in [6, 6.07) is 9.53. The molecule has 0 unspecified atom stereocenters. The summed E-state index contributed by atoms with van der Waals surface area (Å²) in [5, 5.41) is 6.11. The lowest BCUT2D eigenvalue weighted by Gasteiger charge is -2.11. The van der Waals surface area contributed by atoms with E-state index in [0.717, 1.165) is 42.9 Å². The molecule has 7 nitrogen and oxygen atoms in total. The zero-order valence-corrected chi connectivity index (χ0v) is 16.6. The third-order valence-corrected chi connectivity index (χ3v) is 4.01. The molecule has 1 aromatic carbocycles. The highest BCUT2D eigenvalue weighted by Gasteiger charge is 2.10. The van der Waals surface area contributed by atoms with Gasteiger partial charge in [-0.1, -0.05) is 12.1 Å². The molecule has 2 rings (SSSR count). The van der Waals surface area contributed by atoms with E-state index in [9.17, 15) is 4.79 Å². The summed E-state index contributed by atoms with van der Waals surface area (Å²) in [5.41, 5.74) is 2.28. The normalized spacial score (nSPS) is 10.7. The molecule has 0 spiro atoms. The minimum Gasteiger partial charge on any atom is -0.497 e. The molecule has 1 aromatic heterocycles. The monoisotopic (exact) mass is 371 g/mol. The first-order valence-corrected chi connectivity index (χ1v) is 9.13. The Labute approximate surface area is 161 Å². The van der Waals surface area contributed by atoms with Crippen molar-refractivity contribution >= 4 is 11.9 Å². The summed E-state index contributed by atoms with van der Waals surface area (Å²) < 4.78 is 5.15. The number of methoxy groups -OCH3 is 1. The van der Waals surface area contributed by atoms with E-state index < -0.39 is 0 Å². The Morgan fingerprint density at radius 1 is 1.15 bits per heavy atom. The maximum atomic E-state index is 12.4. The van der Waals surface area contributed by atoms with Crippen LogP contribution in [0, 0.1) is 6.92 Å². The predicted octanol–water partition coefficient (Wildman–Crippen LogP) is 2.13. The van der Waals surface area contributed by atoms with Gasteiger partial charge in [0, 0.05) is 18.8 Å². The Hall–Kier alpha value is -2.67. The third-order valence-electron chi connectivity index (χ3n) is 4.01.